The van der Waals surface area contributed by atoms with Gasteiger partial charge in [0.05, 0.1) is 5.54 Å². The molecule has 0 radical (unpaired) electrons. The SMILES string of the molecule is CN(C(=O)CC1CCSCC1)C(C)(C)CCl. The highest BCUT2D eigenvalue weighted by Gasteiger charge is 2.28. The van der Waals surface area contributed by atoms with Crippen molar-refractivity contribution in [3.63, 3.8) is 0 Å². The standard InChI is InChI=1S/C12H22ClNOS/c1-12(2,9-13)14(3)11(15)8-10-4-6-16-7-5-10/h10H,4-9H2,1-3H3. The number of hydrogen-bond donors (Lipinski definition) is 0. The minimum Gasteiger partial charge on any atom is -0.339 e. The molecule has 0 bridgehead atoms. The first kappa shape index (κ1) is 14.2. The molecule has 0 aliphatic carbocycles. The van der Waals surface area contributed by atoms with E-state index in [1.54, 1.807) is 0 Å². The molecule has 0 aromatic carbocycles. The maximum atomic E-state index is 12.1. The molecule has 0 atom stereocenters. The van der Waals surface area contributed by atoms with Crippen molar-refractivity contribution in [1.29, 1.82) is 0 Å². The van der Waals surface area contributed by atoms with Crippen LogP contribution in [0, 0.1) is 5.92 Å². The summed E-state index contributed by atoms with van der Waals surface area (Å²) in [4.78, 5) is 13.9. The van der Waals surface area contributed by atoms with E-state index in [0.29, 0.717) is 18.2 Å². The van der Waals surface area contributed by atoms with Crippen LogP contribution in [0.3, 0.4) is 0 Å². The van der Waals surface area contributed by atoms with Crippen LogP contribution in [-0.4, -0.2) is 40.8 Å². The Bertz CT molecular complexity index is 239. The van der Waals surface area contributed by atoms with Gasteiger partial charge in [-0.1, -0.05) is 0 Å². The molecule has 0 aromatic heterocycles. The fourth-order valence-electron chi connectivity index (χ4n) is 1.76. The number of thioether (sulfide) groups is 1. The molecular weight excluding hydrogens is 242 g/mol. The Kier molecular flexibility index (Phi) is 5.45. The molecule has 2 nitrogen and oxygen atoms in total. The number of rotatable bonds is 4. The number of halogens is 1. The maximum absolute atomic E-state index is 12.1. The van der Waals surface area contributed by atoms with Crippen LogP contribution < -0.4 is 0 Å². The summed E-state index contributed by atoms with van der Waals surface area (Å²) in [6.07, 6.45) is 3.06. The van der Waals surface area contributed by atoms with E-state index >= 15 is 0 Å². The lowest BCUT2D eigenvalue weighted by atomic mass is 9.96. The molecular formula is C12H22ClNOS. The van der Waals surface area contributed by atoms with E-state index in [4.69, 9.17) is 11.6 Å². The number of hydrogen-bond acceptors (Lipinski definition) is 2. The first-order valence-electron chi connectivity index (χ1n) is 5.88. The third-order valence-corrected chi connectivity index (χ3v) is 5.12. The highest BCUT2D eigenvalue weighted by atomic mass is 35.5. The van der Waals surface area contributed by atoms with Crippen molar-refractivity contribution in [3.8, 4) is 0 Å². The molecule has 94 valence electrons. The molecule has 0 saturated carbocycles. The van der Waals surface area contributed by atoms with E-state index in [9.17, 15) is 4.79 Å². The number of carbonyl (C=O) groups excluding carboxylic acids is 1. The zero-order valence-electron chi connectivity index (χ0n) is 10.5. The first-order chi connectivity index (χ1) is 7.47. The van der Waals surface area contributed by atoms with Gasteiger partial charge in [-0.2, -0.15) is 11.8 Å². The predicted octanol–water partition coefficient (Wildman–Crippen LogP) is 3.00. The average molecular weight is 264 g/mol. The van der Waals surface area contributed by atoms with Crippen LogP contribution in [0.4, 0.5) is 0 Å². The van der Waals surface area contributed by atoms with Gasteiger partial charge >= 0.3 is 0 Å². The second-order valence-electron chi connectivity index (χ2n) is 5.16. The molecule has 0 aromatic rings. The Morgan fingerprint density at radius 3 is 2.50 bits per heavy atom. The summed E-state index contributed by atoms with van der Waals surface area (Å²) in [6.45, 7) is 4.02. The molecule has 16 heavy (non-hydrogen) atoms. The number of amides is 1. The maximum Gasteiger partial charge on any atom is 0.223 e. The van der Waals surface area contributed by atoms with Gasteiger partial charge in [0.2, 0.25) is 5.91 Å². The summed E-state index contributed by atoms with van der Waals surface area (Å²) < 4.78 is 0. The van der Waals surface area contributed by atoms with Gasteiger partial charge in [0, 0.05) is 19.3 Å². The van der Waals surface area contributed by atoms with E-state index in [-0.39, 0.29) is 11.4 Å². The van der Waals surface area contributed by atoms with Crippen molar-refractivity contribution in [3.05, 3.63) is 0 Å². The first-order valence-corrected chi connectivity index (χ1v) is 7.56. The van der Waals surface area contributed by atoms with Crippen LogP contribution in [0.15, 0.2) is 0 Å². The quantitative estimate of drug-likeness (QED) is 0.727. The fourth-order valence-corrected chi connectivity index (χ4v) is 3.15. The summed E-state index contributed by atoms with van der Waals surface area (Å²) in [7, 11) is 1.86. The second kappa shape index (κ2) is 6.15. The lowest BCUT2D eigenvalue weighted by Crippen LogP contribution is -2.47. The van der Waals surface area contributed by atoms with Crippen molar-refractivity contribution in [1.82, 2.24) is 4.90 Å². The predicted molar refractivity (Wildman–Crippen MR) is 72.2 cm³/mol. The van der Waals surface area contributed by atoms with Gasteiger partial charge in [-0.05, 0) is 44.1 Å². The van der Waals surface area contributed by atoms with E-state index in [1.807, 2.05) is 37.6 Å². The molecule has 0 spiro atoms. The van der Waals surface area contributed by atoms with Crippen LogP contribution >= 0.6 is 23.4 Å². The van der Waals surface area contributed by atoms with Crippen LogP contribution in [0.2, 0.25) is 0 Å². The van der Waals surface area contributed by atoms with Gasteiger partial charge in [-0.25, -0.2) is 0 Å². The molecule has 4 heteroatoms. The molecule has 1 aliphatic rings. The number of alkyl halides is 1. The van der Waals surface area contributed by atoms with E-state index in [1.165, 1.54) is 24.3 Å². The highest BCUT2D eigenvalue weighted by Crippen LogP contribution is 2.27. The second-order valence-corrected chi connectivity index (χ2v) is 6.65. The van der Waals surface area contributed by atoms with Gasteiger partial charge in [0.1, 0.15) is 0 Å². The molecule has 0 unspecified atom stereocenters. The van der Waals surface area contributed by atoms with Crippen molar-refractivity contribution in [2.45, 2.75) is 38.6 Å². The minimum atomic E-state index is -0.234. The summed E-state index contributed by atoms with van der Waals surface area (Å²) in [5.41, 5.74) is -0.234. The molecule has 1 amide bonds. The van der Waals surface area contributed by atoms with Gasteiger partial charge in [-0.15, -0.1) is 11.6 Å². The Hall–Kier alpha value is 0.110. The smallest absolute Gasteiger partial charge is 0.223 e. The lowest BCUT2D eigenvalue weighted by molar-refractivity contribution is -0.135. The van der Waals surface area contributed by atoms with Crippen LogP contribution in [0.1, 0.15) is 33.1 Å². The van der Waals surface area contributed by atoms with Crippen LogP contribution in [0.25, 0.3) is 0 Å². The number of carbonyl (C=O) groups is 1. The van der Waals surface area contributed by atoms with E-state index < -0.39 is 0 Å². The average Bonchev–Trinajstić information content (AvgIpc) is 2.29. The normalized spacial score (nSPS) is 18.5. The van der Waals surface area contributed by atoms with Gasteiger partial charge in [0.15, 0.2) is 0 Å². The summed E-state index contributed by atoms with van der Waals surface area (Å²) in [5.74, 6) is 3.72. The zero-order valence-corrected chi connectivity index (χ0v) is 12.0. The molecule has 1 saturated heterocycles. The van der Waals surface area contributed by atoms with Crippen molar-refractivity contribution in [2.75, 3.05) is 24.4 Å². The Labute approximate surface area is 108 Å². The van der Waals surface area contributed by atoms with Gasteiger partial charge in [-0.3, -0.25) is 4.79 Å². The molecule has 0 N–H and O–H groups in total. The highest BCUT2D eigenvalue weighted by molar-refractivity contribution is 7.99. The monoisotopic (exact) mass is 263 g/mol. The topological polar surface area (TPSA) is 20.3 Å². The van der Waals surface area contributed by atoms with Gasteiger partial charge < -0.3 is 4.90 Å². The fraction of sp³-hybridized carbons (Fsp3) is 0.917. The van der Waals surface area contributed by atoms with Crippen LogP contribution in [0.5, 0.6) is 0 Å². The minimum absolute atomic E-state index is 0.234. The summed E-state index contributed by atoms with van der Waals surface area (Å²) in [6, 6.07) is 0. The Balaban J connectivity index is 2.44. The molecule has 1 aliphatic heterocycles. The summed E-state index contributed by atoms with van der Waals surface area (Å²) >= 11 is 7.88. The van der Waals surface area contributed by atoms with Gasteiger partial charge in [0.25, 0.3) is 0 Å². The number of nitrogens with zero attached hydrogens (tertiary/aromatic N) is 1. The van der Waals surface area contributed by atoms with Crippen molar-refractivity contribution < 1.29 is 4.79 Å². The third-order valence-electron chi connectivity index (χ3n) is 3.41. The van der Waals surface area contributed by atoms with E-state index in [0.717, 1.165) is 0 Å². The lowest BCUT2D eigenvalue weighted by Gasteiger charge is -2.35. The zero-order chi connectivity index (χ0) is 12.2. The summed E-state index contributed by atoms with van der Waals surface area (Å²) in [5, 5.41) is 0. The molecule has 1 rings (SSSR count). The largest absolute Gasteiger partial charge is 0.339 e. The third kappa shape index (κ3) is 3.85. The molecule has 1 fully saturated rings. The van der Waals surface area contributed by atoms with Crippen molar-refractivity contribution >= 4 is 29.3 Å². The van der Waals surface area contributed by atoms with Crippen molar-refractivity contribution in [2.24, 2.45) is 5.92 Å². The van der Waals surface area contributed by atoms with Crippen LogP contribution in [-0.2, 0) is 4.79 Å². The Morgan fingerprint density at radius 2 is 2.00 bits per heavy atom. The molecule has 1 heterocycles. The van der Waals surface area contributed by atoms with E-state index in [2.05, 4.69) is 0 Å². The Morgan fingerprint density at radius 1 is 1.44 bits per heavy atom.